The topological polar surface area (TPSA) is 112 Å². The van der Waals surface area contributed by atoms with Crippen LogP contribution < -0.4 is 20.7 Å². The highest BCUT2D eigenvalue weighted by atomic mass is 16.5. The van der Waals surface area contributed by atoms with E-state index in [2.05, 4.69) is 16.0 Å². The van der Waals surface area contributed by atoms with E-state index in [1.54, 1.807) is 12.1 Å². The quantitative estimate of drug-likeness (QED) is 0.388. The number of amidine groups is 1. The molecule has 2 aromatic rings. The van der Waals surface area contributed by atoms with E-state index in [1.807, 2.05) is 42.5 Å². The number of aliphatic imine (C=N–C) groups is 1. The van der Waals surface area contributed by atoms with Crippen LogP contribution in [0.3, 0.4) is 0 Å². The van der Waals surface area contributed by atoms with Crippen LogP contribution in [0.25, 0.3) is 0 Å². The number of carbonyl (C=O) groups is 2. The van der Waals surface area contributed by atoms with Crippen LogP contribution in [0.2, 0.25) is 0 Å². The van der Waals surface area contributed by atoms with Gasteiger partial charge in [0, 0.05) is 34.0 Å². The molecule has 4 N–H and O–H groups in total. The Morgan fingerprint density at radius 3 is 2.45 bits per heavy atom. The average molecular weight is 541 g/mol. The predicted molar refractivity (Wildman–Crippen MR) is 155 cm³/mol. The molecule has 8 nitrogen and oxygen atoms in total. The molecule has 2 amide bonds. The number of benzene rings is 2. The number of nitrogens with zero attached hydrogens (tertiary/aromatic N) is 1. The van der Waals surface area contributed by atoms with Crippen LogP contribution in [0.4, 0.5) is 5.69 Å². The highest BCUT2D eigenvalue weighted by Crippen LogP contribution is 2.43. The number of phenols is 1. The maximum atomic E-state index is 13.1. The minimum absolute atomic E-state index is 0.0169. The lowest BCUT2D eigenvalue weighted by Gasteiger charge is -2.19. The van der Waals surface area contributed by atoms with Crippen LogP contribution in [0.1, 0.15) is 78.8 Å². The van der Waals surface area contributed by atoms with Gasteiger partial charge < -0.3 is 25.8 Å². The SMILES string of the molecule is COc1cc(C(=O)Nc2ccc(C3=NC4C=CC(NC(=O)C5CCCC5)=CC4N3)cc2)cc(C2CCCC2)c1O. The zero-order chi connectivity index (χ0) is 27.6. The number of allylic oxidation sites excluding steroid dienone is 1. The first-order chi connectivity index (χ1) is 19.5. The molecule has 2 saturated carbocycles. The highest BCUT2D eigenvalue weighted by molar-refractivity contribution is 6.05. The second kappa shape index (κ2) is 11.2. The van der Waals surface area contributed by atoms with Crippen LogP contribution in [-0.4, -0.2) is 41.9 Å². The Morgan fingerprint density at radius 2 is 1.73 bits per heavy atom. The number of hydrogen-bond acceptors (Lipinski definition) is 6. The van der Waals surface area contributed by atoms with Crippen molar-refractivity contribution in [1.82, 2.24) is 10.6 Å². The fourth-order valence-corrected chi connectivity index (χ4v) is 6.32. The van der Waals surface area contributed by atoms with E-state index in [4.69, 9.17) is 9.73 Å². The summed E-state index contributed by atoms with van der Waals surface area (Å²) in [6.07, 6.45) is 14.5. The van der Waals surface area contributed by atoms with E-state index in [-0.39, 0.29) is 41.5 Å². The van der Waals surface area contributed by atoms with Gasteiger partial charge in [-0.3, -0.25) is 14.6 Å². The number of phenolic OH excluding ortho intramolecular Hbond substituents is 1. The van der Waals surface area contributed by atoms with Crippen molar-refractivity contribution >= 4 is 23.3 Å². The van der Waals surface area contributed by atoms with Gasteiger partial charge in [0.2, 0.25) is 5.91 Å². The summed E-state index contributed by atoms with van der Waals surface area (Å²) in [5, 5.41) is 20.2. The van der Waals surface area contributed by atoms with E-state index >= 15 is 0 Å². The van der Waals surface area contributed by atoms with Crippen LogP contribution in [-0.2, 0) is 4.79 Å². The number of methoxy groups -OCH3 is 1. The molecular formula is C32H36N4O4. The number of ether oxygens (including phenoxy) is 1. The summed E-state index contributed by atoms with van der Waals surface area (Å²) in [7, 11) is 1.50. The molecule has 6 rings (SSSR count). The van der Waals surface area contributed by atoms with E-state index in [9.17, 15) is 14.7 Å². The number of anilines is 1. The second-order valence-corrected chi connectivity index (χ2v) is 11.2. The van der Waals surface area contributed by atoms with Gasteiger partial charge in [0.1, 0.15) is 5.84 Å². The minimum atomic E-state index is -0.255. The van der Waals surface area contributed by atoms with Gasteiger partial charge in [0.25, 0.3) is 5.91 Å². The Bertz CT molecular complexity index is 1380. The summed E-state index contributed by atoms with van der Waals surface area (Å²) < 4.78 is 5.37. The molecule has 40 heavy (non-hydrogen) atoms. The molecule has 1 aliphatic heterocycles. The lowest BCUT2D eigenvalue weighted by atomic mass is 9.94. The first-order valence-electron chi connectivity index (χ1n) is 14.4. The minimum Gasteiger partial charge on any atom is -0.504 e. The van der Waals surface area contributed by atoms with E-state index in [1.165, 1.54) is 7.11 Å². The first kappa shape index (κ1) is 26.2. The van der Waals surface area contributed by atoms with Crippen molar-refractivity contribution in [3.8, 4) is 11.5 Å². The molecule has 3 aliphatic carbocycles. The van der Waals surface area contributed by atoms with Crippen LogP contribution in [0.15, 0.2) is 65.3 Å². The molecule has 2 fully saturated rings. The summed E-state index contributed by atoms with van der Waals surface area (Å²) >= 11 is 0. The van der Waals surface area contributed by atoms with Crippen molar-refractivity contribution in [3.63, 3.8) is 0 Å². The molecule has 0 bridgehead atoms. The zero-order valence-electron chi connectivity index (χ0n) is 22.8. The van der Waals surface area contributed by atoms with E-state index < -0.39 is 0 Å². The highest BCUT2D eigenvalue weighted by Gasteiger charge is 2.30. The summed E-state index contributed by atoms with van der Waals surface area (Å²) in [4.78, 5) is 30.5. The number of fused-ring (bicyclic) bond motifs is 1. The van der Waals surface area contributed by atoms with Crippen molar-refractivity contribution in [3.05, 3.63) is 77.0 Å². The molecule has 2 atom stereocenters. The molecule has 2 aromatic carbocycles. The van der Waals surface area contributed by atoms with Gasteiger partial charge in [-0.05, 0) is 80.2 Å². The van der Waals surface area contributed by atoms with Crippen molar-refractivity contribution in [2.75, 3.05) is 12.4 Å². The Hall–Kier alpha value is -4.07. The molecule has 208 valence electrons. The normalized spacial score (nSPS) is 22.3. The molecular weight excluding hydrogens is 504 g/mol. The number of aromatic hydroxyl groups is 1. The molecule has 1 heterocycles. The molecule has 0 spiro atoms. The summed E-state index contributed by atoms with van der Waals surface area (Å²) in [6, 6.07) is 10.9. The van der Waals surface area contributed by atoms with Crippen LogP contribution >= 0.6 is 0 Å². The fraction of sp³-hybridized carbons (Fsp3) is 0.406. The third kappa shape index (κ3) is 5.35. The van der Waals surface area contributed by atoms with Crippen molar-refractivity contribution in [2.24, 2.45) is 10.9 Å². The number of amides is 2. The zero-order valence-corrected chi connectivity index (χ0v) is 22.8. The fourth-order valence-electron chi connectivity index (χ4n) is 6.32. The summed E-state index contributed by atoms with van der Waals surface area (Å²) in [5.41, 5.74) is 3.65. The molecule has 0 radical (unpaired) electrons. The summed E-state index contributed by atoms with van der Waals surface area (Å²) in [5.74, 6) is 1.46. The number of hydrogen-bond donors (Lipinski definition) is 4. The Morgan fingerprint density at radius 1 is 1.00 bits per heavy atom. The summed E-state index contributed by atoms with van der Waals surface area (Å²) in [6.45, 7) is 0. The Kier molecular flexibility index (Phi) is 7.32. The molecule has 4 aliphatic rings. The van der Waals surface area contributed by atoms with Gasteiger partial charge in [0.05, 0.1) is 19.2 Å². The third-order valence-electron chi connectivity index (χ3n) is 8.57. The average Bonchev–Trinajstić information content (AvgIpc) is 3.76. The number of nitrogens with one attached hydrogen (secondary N) is 3. The lowest BCUT2D eigenvalue weighted by molar-refractivity contribution is -0.124. The second-order valence-electron chi connectivity index (χ2n) is 11.2. The van der Waals surface area contributed by atoms with Gasteiger partial charge in [-0.1, -0.05) is 31.8 Å². The van der Waals surface area contributed by atoms with Gasteiger partial charge in [0.15, 0.2) is 11.5 Å². The Balaban J connectivity index is 1.10. The largest absolute Gasteiger partial charge is 0.504 e. The number of carbonyl (C=O) groups excluding carboxylic acids is 2. The van der Waals surface area contributed by atoms with Crippen molar-refractivity contribution in [2.45, 2.75) is 69.4 Å². The van der Waals surface area contributed by atoms with Gasteiger partial charge in [-0.25, -0.2) is 0 Å². The maximum absolute atomic E-state index is 13.1. The standard InChI is InChI=1S/C32H36N4O4/c1-40-28-17-22(16-25(29(28)37)19-6-2-3-7-19)32(39)33-23-12-10-20(11-13-23)30-35-26-15-14-24(18-27(26)36-30)34-31(38)21-8-4-5-9-21/h10-19,21,26-27,37H,2-9H2,1H3,(H,33,39)(H,34,38)(H,35,36). The monoisotopic (exact) mass is 540 g/mol. The van der Waals surface area contributed by atoms with E-state index in [0.29, 0.717) is 17.0 Å². The number of rotatable bonds is 7. The lowest BCUT2D eigenvalue weighted by Crippen LogP contribution is -2.37. The molecule has 0 aromatic heterocycles. The Labute approximate surface area is 234 Å². The third-order valence-corrected chi connectivity index (χ3v) is 8.57. The molecule has 8 heteroatoms. The van der Waals surface area contributed by atoms with Crippen molar-refractivity contribution < 1.29 is 19.4 Å². The van der Waals surface area contributed by atoms with Gasteiger partial charge >= 0.3 is 0 Å². The molecule has 0 saturated heterocycles. The van der Waals surface area contributed by atoms with E-state index in [0.717, 1.165) is 74.0 Å². The molecule has 2 unspecified atom stereocenters. The van der Waals surface area contributed by atoms with Gasteiger partial charge in [-0.2, -0.15) is 0 Å². The van der Waals surface area contributed by atoms with Crippen molar-refractivity contribution in [1.29, 1.82) is 0 Å². The van der Waals surface area contributed by atoms with Crippen LogP contribution in [0.5, 0.6) is 11.5 Å². The van der Waals surface area contributed by atoms with Crippen LogP contribution in [0, 0.1) is 5.92 Å². The van der Waals surface area contributed by atoms with Gasteiger partial charge in [-0.15, -0.1) is 0 Å². The maximum Gasteiger partial charge on any atom is 0.255 e. The predicted octanol–water partition coefficient (Wildman–Crippen LogP) is 5.16. The smallest absolute Gasteiger partial charge is 0.255 e. The first-order valence-corrected chi connectivity index (χ1v) is 14.4.